The molecule has 2 aliphatic rings. The lowest BCUT2D eigenvalue weighted by Crippen LogP contribution is -2.45. The molecule has 0 aromatic carbocycles. The van der Waals surface area contributed by atoms with Gasteiger partial charge in [0.1, 0.15) is 0 Å². The number of quaternary nitrogens is 2. The number of fused-ring (bicyclic) bond motifs is 1. The second kappa shape index (κ2) is 4.74. The van der Waals surface area contributed by atoms with Crippen LogP contribution in [0.15, 0.2) is 12.2 Å². The molecule has 2 nitrogen and oxygen atoms in total. The van der Waals surface area contributed by atoms with Gasteiger partial charge in [0.15, 0.2) is 0 Å². The molecule has 0 unspecified atom stereocenters. The Morgan fingerprint density at radius 1 is 1.06 bits per heavy atom. The third kappa shape index (κ3) is 3.56. The SMILES string of the molecule is C[N+](C)(C)CCC[N+]1(C)C[C@H]2CC=CC[C@@H]2C1. The van der Waals surface area contributed by atoms with Gasteiger partial charge in [-0.05, 0) is 12.8 Å². The third-order valence-corrected chi connectivity index (χ3v) is 4.59. The Kier molecular flexibility index (Phi) is 3.65. The van der Waals surface area contributed by atoms with Gasteiger partial charge in [0.05, 0.1) is 54.4 Å². The van der Waals surface area contributed by atoms with E-state index >= 15 is 0 Å². The van der Waals surface area contributed by atoms with Crippen LogP contribution in [0.4, 0.5) is 0 Å². The van der Waals surface area contributed by atoms with Crippen LogP contribution in [-0.2, 0) is 0 Å². The number of allylic oxidation sites excluding steroid dienone is 2. The van der Waals surface area contributed by atoms with E-state index < -0.39 is 0 Å². The Bertz CT molecular complexity index is 272. The highest BCUT2D eigenvalue weighted by Crippen LogP contribution is 2.36. The molecular formula is C15H30N2+2. The second-order valence-corrected chi connectivity index (χ2v) is 7.54. The summed E-state index contributed by atoms with van der Waals surface area (Å²) in [5.41, 5.74) is 0. The van der Waals surface area contributed by atoms with Gasteiger partial charge < -0.3 is 8.97 Å². The highest BCUT2D eigenvalue weighted by atomic mass is 15.4. The van der Waals surface area contributed by atoms with Crippen molar-refractivity contribution in [3.63, 3.8) is 0 Å². The molecule has 2 heteroatoms. The monoisotopic (exact) mass is 238 g/mol. The molecule has 0 radical (unpaired) electrons. The van der Waals surface area contributed by atoms with E-state index in [1.165, 1.54) is 49.9 Å². The minimum absolute atomic E-state index is 0.981. The molecule has 1 aliphatic heterocycles. The van der Waals surface area contributed by atoms with Crippen molar-refractivity contribution in [2.45, 2.75) is 19.3 Å². The van der Waals surface area contributed by atoms with Gasteiger partial charge >= 0.3 is 0 Å². The fraction of sp³-hybridized carbons (Fsp3) is 0.867. The predicted octanol–water partition coefficient (Wildman–Crippen LogP) is 2.13. The third-order valence-electron chi connectivity index (χ3n) is 4.59. The van der Waals surface area contributed by atoms with Crippen LogP contribution < -0.4 is 0 Å². The summed E-state index contributed by atoms with van der Waals surface area (Å²) in [6.07, 6.45) is 8.86. The van der Waals surface area contributed by atoms with Crippen LogP contribution in [0.2, 0.25) is 0 Å². The number of rotatable bonds is 4. The van der Waals surface area contributed by atoms with Gasteiger partial charge in [0, 0.05) is 18.3 Å². The first-order valence-electron chi connectivity index (χ1n) is 7.17. The maximum Gasteiger partial charge on any atom is 0.0839 e. The summed E-state index contributed by atoms with van der Waals surface area (Å²) < 4.78 is 2.44. The van der Waals surface area contributed by atoms with Crippen LogP contribution in [0.25, 0.3) is 0 Å². The van der Waals surface area contributed by atoms with Gasteiger partial charge in [0.25, 0.3) is 0 Å². The first kappa shape index (κ1) is 13.1. The first-order chi connectivity index (χ1) is 7.88. The Morgan fingerprint density at radius 3 is 2.06 bits per heavy atom. The molecule has 2 rings (SSSR count). The van der Waals surface area contributed by atoms with Crippen molar-refractivity contribution in [1.29, 1.82) is 0 Å². The van der Waals surface area contributed by atoms with Crippen LogP contribution in [0.5, 0.6) is 0 Å². The van der Waals surface area contributed by atoms with Gasteiger partial charge in [-0.15, -0.1) is 0 Å². The van der Waals surface area contributed by atoms with Crippen LogP contribution >= 0.6 is 0 Å². The molecule has 0 spiro atoms. The van der Waals surface area contributed by atoms with Crippen molar-refractivity contribution in [3.8, 4) is 0 Å². The van der Waals surface area contributed by atoms with Gasteiger partial charge in [-0.25, -0.2) is 0 Å². The quantitative estimate of drug-likeness (QED) is 0.520. The van der Waals surface area contributed by atoms with E-state index in [0.29, 0.717) is 0 Å². The zero-order valence-corrected chi connectivity index (χ0v) is 12.2. The number of hydrogen-bond acceptors (Lipinski definition) is 0. The summed E-state index contributed by atoms with van der Waals surface area (Å²) in [5.74, 6) is 1.96. The Hall–Kier alpha value is -0.340. The average Bonchev–Trinajstić information content (AvgIpc) is 2.51. The summed E-state index contributed by atoms with van der Waals surface area (Å²) in [6.45, 7) is 5.53. The molecule has 0 aromatic rings. The molecule has 0 bridgehead atoms. The van der Waals surface area contributed by atoms with E-state index in [0.717, 1.165) is 16.3 Å². The lowest BCUT2D eigenvalue weighted by molar-refractivity contribution is -0.909. The Labute approximate surface area is 107 Å². The molecular weight excluding hydrogens is 208 g/mol. The lowest BCUT2D eigenvalue weighted by atomic mass is 9.86. The Morgan fingerprint density at radius 2 is 1.59 bits per heavy atom. The van der Waals surface area contributed by atoms with Crippen LogP contribution in [0.3, 0.4) is 0 Å². The van der Waals surface area contributed by atoms with Crippen LogP contribution in [0.1, 0.15) is 19.3 Å². The van der Waals surface area contributed by atoms with E-state index in [1.54, 1.807) is 0 Å². The predicted molar refractivity (Wildman–Crippen MR) is 73.7 cm³/mol. The van der Waals surface area contributed by atoms with Crippen molar-refractivity contribution in [3.05, 3.63) is 12.2 Å². The second-order valence-electron chi connectivity index (χ2n) is 7.54. The summed E-state index contributed by atoms with van der Waals surface area (Å²) in [6, 6.07) is 0. The molecule has 0 amide bonds. The maximum absolute atomic E-state index is 2.48. The molecule has 0 saturated carbocycles. The molecule has 0 N–H and O–H groups in total. The highest BCUT2D eigenvalue weighted by molar-refractivity contribution is 4.96. The molecule has 2 atom stereocenters. The molecule has 1 fully saturated rings. The van der Waals surface area contributed by atoms with E-state index in [4.69, 9.17) is 0 Å². The van der Waals surface area contributed by atoms with Crippen molar-refractivity contribution in [2.24, 2.45) is 11.8 Å². The number of likely N-dealkylation sites (tertiary alicyclic amines) is 1. The van der Waals surface area contributed by atoms with Crippen molar-refractivity contribution in [1.82, 2.24) is 0 Å². The van der Waals surface area contributed by atoms with Crippen LogP contribution in [0, 0.1) is 11.8 Å². The van der Waals surface area contributed by atoms with E-state index in [9.17, 15) is 0 Å². The minimum atomic E-state index is 0.981. The Balaban J connectivity index is 1.81. The smallest absolute Gasteiger partial charge is 0.0839 e. The van der Waals surface area contributed by atoms with Crippen molar-refractivity contribution < 1.29 is 8.97 Å². The van der Waals surface area contributed by atoms with Crippen molar-refractivity contribution >= 4 is 0 Å². The molecule has 0 aromatic heterocycles. The van der Waals surface area contributed by atoms with Crippen molar-refractivity contribution in [2.75, 3.05) is 54.4 Å². The van der Waals surface area contributed by atoms with Crippen LogP contribution in [-0.4, -0.2) is 63.3 Å². The summed E-state index contributed by atoms with van der Waals surface area (Å²) >= 11 is 0. The topological polar surface area (TPSA) is 0 Å². The fourth-order valence-corrected chi connectivity index (χ4v) is 3.69. The summed E-state index contributed by atoms with van der Waals surface area (Å²) in [4.78, 5) is 0. The molecule has 1 aliphatic carbocycles. The largest absolute Gasteiger partial charge is 0.331 e. The molecule has 1 heterocycles. The van der Waals surface area contributed by atoms with E-state index in [1.807, 2.05) is 0 Å². The normalized spacial score (nSPS) is 31.5. The first-order valence-corrected chi connectivity index (χ1v) is 7.17. The van der Waals surface area contributed by atoms with Gasteiger partial charge in [-0.2, -0.15) is 0 Å². The van der Waals surface area contributed by atoms with Gasteiger partial charge in [0.2, 0.25) is 0 Å². The minimum Gasteiger partial charge on any atom is -0.331 e. The highest BCUT2D eigenvalue weighted by Gasteiger charge is 2.42. The molecule has 17 heavy (non-hydrogen) atoms. The summed E-state index contributed by atoms with van der Waals surface area (Å²) in [5, 5.41) is 0. The molecule has 1 saturated heterocycles. The van der Waals surface area contributed by atoms with Gasteiger partial charge in [-0.1, -0.05) is 12.2 Å². The average molecular weight is 238 g/mol. The zero-order chi connectivity index (χ0) is 12.5. The van der Waals surface area contributed by atoms with E-state index in [-0.39, 0.29) is 0 Å². The zero-order valence-electron chi connectivity index (χ0n) is 12.2. The summed E-state index contributed by atoms with van der Waals surface area (Å²) in [7, 11) is 9.38. The standard InChI is InChI=1S/C15H30N2/c1-16(2,3)10-7-11-17(4)12-14-8-5-6-9-15(14)13-17/h5-6,14-15H,7-13H2,1-4H3/q+2/t14-,15-/m1/s1. The maximum atomic E-state index is 2.48. The number of nitrogens with zero attached hydrogens (tertiary/aromatic N) is 2. The molecule has 98 valence electrons. The lowest BCUT2D eigenvalue weighted by Gasteiger charge is -2.32. The van der Waals surface area contributed by atoms with Gasteiger partial charge in [-0.3, -0.25) is 0 Å². The fourth-order valence-electron chi connectivity index (χ4n) is 3.69. The van der Waals surface area contributed by atoms with E-state index in [2.05, 4.69) is 40.3 Å². The number of hydrogen-bond donors (Lipinski definition) is 0.